The first-order valence-electron chi connectivity index (χ1n) is 20.5. The van der Waals surface area contributed by atoms with E-state index < -0.39 is 82.3 Å². The summed E-state index contributed by atoms with van der Waals surface area (Å²) in [5, 5.41) is 12.7. The molecule has 4 aliphatic rings. The zero-order valence-corrected chi connectivity index (χ0v) is 35.3. The zero-order valence-electron chi connectivity index (χ0n) is 34.5. The quantitative estimate of drug-likeness (QED) is 0.0609. The molecule has 5 aromatic carbocycles. The van der Waals surface area contributed by atoms with E-state index in [2.05, 4.69) is 10.2 Å². The van der Waals surface area contributed by atoms with E-state index >= 15 is 4.79 Å². The SMILES string of the molecule is COc1ccc(OC)c(C=Cc2ccc(N3C(=O)[C@H]4[C@H](CC=C5[C@H]4C[C@H]4C(=O)N(Nc6ccc(F)cc6)C(=O)[C@@]4(c4ccc(Cl)cc4)[C@H]5c4cc(OC(F)(F)F)ccc4O)C3=O)cc2)c1. The second kappa shape index (κ2) is 16.5. The molecule has 2 heterocycles. The molecule has 6 atom stereocenters. The molecular weight excluding hydrogens is 870 g/mol. The minimum absolute atomic E-state index is 0.00217. The van der Waals surface area contributed by atoms with Crippen LogP contribution < -0.4 is 24.5 Å². The van der Waals surface area contributed by atoms with Crippen LogP contribution in [0.15, 0.2) is 121 Å². The van der Waals surface area contributed by atoms with Crippen molar-refractivity contribution in [3.63, 3.8) is 0 Å². The first-order chi connectivity index (χ1) is 31.1. The monoisotopic (exact) mass is 907 g/mol. The number of amides is 4. The highest BCUT2D eigenvalue weighted by Gasteiger charge is 2.70. The standard InChI is InChI=1S/C49H38ClF4N3O8/c1-63-33-18-22-41(64-2)27(23-33)6-3-26-4-15-32(16-5-26)56-44(59)36-20-19-35-37(42(36)46(56)61)25-39-45(60)57(55-31-13-11-30(51)12-14-31)47(62)48(39,28-7-9-29(50)10-8-28)43(35)38-24-34(17-21-40(38)58)65-49(52,53)54/h3-19,21-24,36-37,39,42-43,55,58H,20,25H2,1-2H3/t36-,37+,39-,42-,43+,48+/m0/s1. The molecular formula is C49H38ClF4N3O8. The summed E-state index contributed by atoms with van der Waals surface area (Å²) in [5.74, 6) is -8.77. The lowest BCUT2D eigenvalue weighted by Gasteiger charge is -2.50. The highest BCUT2D eigenvalue weighted by atomic mass is 35.5. The van der Waals surface area contributed by atoms with E-state index in [0.29, 0.717) is 22.8 Å². The molecule has 0 radical (unpaired) electrons. The number of imide groups is 2. The molecule has 9 rings (SSSR count). The highest BCUT2D eigenvalue weighted by molar-refractivity contribution is 6.30. The smallest absolute Gasteiger partial charge is 0.508 e. The van der Waals surface area contributed by atoms with Crippen LogP contribution in [0.25, 0.3) is 12.2 Å². The summed E-state index contributed by atoms with van der Waals surface area (Å²) in [4.78, 5) is 60.6. The lowest BCUT2D eigenvalue weighted by Crippen LogP contribution is -2.53. The fourth-order valence-electron chi connectivity index (χ4n) is 10.1. The molecule has 16 heteroatoms. The number of ether oxygens (including phenoxy) is 3. The number of benzene rings is 5. The third-order valence-corrected chi connectivity index (χ3v) is 13.1. The number of aromatic hydroxyl groups is 1. The fourth-order valence-corrected chi connectivity index (χ4v) is 10.2. The number of rotatable bonds is 10. The number of hydrogen-bond acceptors (Lipinski definition) is 9. The number of carbonyl (C=O) groups excluding carboxylic acids is 4. The van der Waals surface area contributed by atoms with Gasteiger partial charge in [-0.25, -0.2) is 4.39 Å². The summed E-state index contributed by atoms with van der Waals surface area (Å²) >= 11 is 6.34. The molecule has 11 nitrogen and oxygen atoms in total. The first kappa shape index (κ1) is 43.1. The molecule has 1 saturated carbocycles. The number of methoxy groups -OCH3 is 2. The van der Waals surface area contributed by atoms with Crippen LogP contribution in [-0.4, -0.2) is 54.3 Å². The van der Waals surface area contributed by atoms with Crippen molar-refractivity contribution >= 4 is 58.8 Å². The number of anilines is 2. The topological polar surface area (TPSA) is 135 Å². The maximum absolute atomic E-state index is 15.4. The van der Waals surface area contributed by atoms with Gasteiger partial charge in [0.05, 0.1) is 48.8 Å². The number of carbonyl (C=O) groups is 4. The Morgan fingerprint density at radius 1 is 0.800 bits per heavy atom. The Hall–Kier alpha value is -7.13. The number of allylic oxidation sites excluding steroid dienone is 2. The van der Waals surface area contributed by atoms with Crippen molar-refractivity contribution in [3.05, 3.63) is 154 Å². The Morgan fingerprint density at radius 2 is 1.51 bits per heavy atom. The number of phenols is 1. The van der Waals surface area contributed by atoms with Crippen LogP contribution in [0.4, 0.5) is 28.9 Å². The average molecular weight is 908 g/mol. The van der Waals surface area contributed by atoms with Crippen molar-refractivity contribution in [2.75, 3.05) is 24.5 Å². The molecule has 2 aliphatic carbocycles. The number of nitrogens with one attached hydrogen (secondary N) is 1. The normalized spacial score (nSPS) is 23.9. The molecule has 4 amide bonds. The number of nitrogens with zero attached hydrogens (tertiary/aromatic N) is 2. The molecule has 332 valence electrons. The van der Waals surface area contributed by atoms with Crippen LogP contribution >= 0.6 is 11.6 Å². The van der Waals surface area contributed by atoms with Crippen molar-refractivity contribution < 1.29 is 56.1 Å². The Balaban J connectivity index is 1.14. The minimum atomic E-state index is -5.13. The number of phenolic OH excluding ortho intramolecular Hbond substituents is 1. The van der Waals surface area contributed by atoms with Gasteiger partial charge in [0.1, 0.15) is 28.8 Å². The van der Waals surface area contributed by atoms with Crippen LogP contribution in [-0.2, 0) is 24.6 Å². The Morgan fingerprint density at radius 3 is 2.18 bits per heavy atom. The van der Waals surface area contributed by atoms with E-state index in [9.17, 15) is 37.1 Å². The molecule has 5 aromatic rings. The van der Waals surface area contributed by atoms with Gasteiger partial charge in [0.15, 0.2) is 0 Å². The molecule has 2 N–H and O–H groups in total. The van der Waals surface area contributed by atoms with Gasteiger partial charge in [0.2, 0.25) is 11.8 Å². The number of hydrazine groups is 1. The summed E-state index contributed by atoms with van der Waals surface area (Å²) < 4.78 is 70.3. The van der Waals surface area contributed by atoms with Crippen molar-refractivity contribution in [1.82, 2.24) is 5.01 Å². The summed E-state index contributed by atoms with van der Waals surface area (Å²) in [5.41, 5.74) is 3.23. The third-order valence-electron chi connectivity index (χ3n) is 12.8. The van der Waals surface area contributed by atoms with E-state index in [1.165, 1.54) is 36.4 Å². The zero-order chi connectivity index (χ0) is 45.9. The van der Waals surface area contributed by atoms with Gasteiger partial charge in [-0.2, -0.15) is 5.01 Å². The van der Waals surface area contributed by atoms with Gasteiger partial charge < -0.3 is 19.3 Å². The van der Waals surface area contributed by atoms with Crippen LogP contribution in [0.3, 0.4) is 0 Å². The molecule has 0 aromatic heterocycles. The molecule has 0 bridgehead atoms. The number of hydrogen-bond donors (Lipinski definition) is 2. The van der Waals surface area contributed by atoms with Crippen molar-refractivity contribution in [3.8, 4) is 23.0 Å². The molecule has 0 unspecified atom stereocenters. The van der Waals surface area contributed by atoms with Gasteiger partial charge in [0, 0.05) is 22.1 Å². The third kappa shape index (κ3) is 7.42. The Labute approximate surface area is 374 Å². The Bertz CT molecular complexity index is 2800. The average Bonchev–Trinajstić information content (AvgIpc) is 3.67. The van der Waals surface area contributed by atoms with Gasteiger partial charge in [-0.1, -0.05) is 59.7 Å². The summed E-state index contributed by atoms with van der Waals surface area (Å²) in [7, 11) is 3.11. The second-order valence-corrected chi connectivity index (χ2v) is 16.6. The van der Waals surface area contributed by atoms with Gasteiger partial charge in [-0.3, -0.25) is 29.5 Å². The lowest BCUT2D eigenvalue weighted by atomic mass is 9.49. The second-order valence-electron chi connectivity index (χ2n) is 16.2. The summed E-state index contributed by atoms with van der Waals surface area (Å²) in [6.45, 7) is 0. The van der Waals surface area contributed by atoms with Crippen molar-refractivity contribution in [2.24, 2.45) is 23.7 Å². The number of alkyl halides is 3. The Kier molecular flexibility index (Phi) is 10.9. The molecule has 2 saturated heterocycles. The van der Waals surface area contributed by atoms with Gasteiger partial charge in [-0.05, 0) is 115 Å². The largest absolute Gasteiger partial charge is 0.573 e. The van der Waals surface area contributed by atoms with E-state index in [0.717, 1.165) is 51.4 Å². The lowest BCUT2D eigenvalue weighted by molar-refractivity contribution is -0.274. The van der Waals surface area contributed by atoms with Crippen LogP contribution in [0.1, 0.15) is 41.0 Å². The van der Waals surface area contributed by atoms with Crippen molar-refractivity contribution in [1.29, 1.82) is 0 Å². The minimum Gasteiger partial charge on any atom is -0.508 e. The predicted octanol–water partition coefficient (Wildman–Crippen LogP) is 9.46. The van der Waals surface area contributed by atoms with E-state index in [1.807, 2.05) is 18.2 Å². The van der Waals surface area contributed by atoms with E-state index in [4.69, 9.17) is 21.1 Å². The van der Waals surface area contributed by atoms with Crippen LogP contribution in [0.5, 0.6) is 23.0 Å². The van der Waals surface area contributed by atoms with Crippen LogP contribution in [0.2, 0.25) is 5.02 Å². The molecule has 65 heavy (non-hydrogen) atoms. The maximum atomic E-state index is 15.4. The van der Waals surface area contributed by atoms with E-state index in [-0.39, 0.29) is 34.7 Å². The van der Waals surface area contributed by atoms with Gasteiger partial charge in [-0.15, -0.1) is 13.2 Å². The number of fused-ring (bicyclic) bond motifs is 4. The molecule has 2 aliphatic heterocycles. The highest BCUT2D eigenvalue weighted by Crippen LogP contribution is 2.65. The van der Waals surface area contributed by atoms with Gasteiger partial charge in [0.25, 0.3) is 11.8 Å². The summed E-state index contributed by atoms with van der Waals surface area (Å²) in [6.07, 6.45) is 0.0779. The fraction of sp³-hybridized carbons (Fsp3) is 0.224. The maximum Gasteiger partial charge on any atom is 0.573 e. The summed E-state index contributed by atoms with van der Waals surface area (Å²) in [6, 6.07) is 26.0. The molecule has 3 fully saturated rings. The van der Waals surface area contributed by atoms with Crippen LogP contribution in [0, 0.1) is 29.5 Å². The number of halogens is 5. The predicted molar refractivity (Wildman–Crippen MR) is 231 cm³/mol. The first-order valence-corrected chi connectivity index (χ1v) is 20.8. The molecule has 0 spiro atoms. The van der Waals surface area contributed by atoms with Gasteiger partial charge >= 0.3 is 6.36 Å². The van der Waals surface area contributed by atoms with E-state index in [1.54, 1.807) is 56.7 Å². The van der Waals surface area contributed by atoms with Crippen molar-refractivity contribution in [2.45, 2.75) is 30.5 Å².